The second kappa shape index (κ2) is 6.64. The molecule has 0 saturated carbocycles. The van der Waals surface area contributed by atoms with E-state index in [1.54, 1.807) is 6.33 Å². The minimum atomic E-state index is 0.0592. The average molecular weight is 340 g/mol. The quantitative estimate of drug-likeness (QED) is 0.773. The third-order valence-electron chi connectivity index (χ3n) is 4.50. The standard InChI is InChI=1S/C17H20N6O2/c1-2-16-20-15(21-25-16)10-22-5-7-23(8-6-22)17(24)12-3-4-13-14(9-12)19-11-18-13/h3-4,9,11H,2,5-8,10H2,1H3,(H,18,19). The van der Waals surface area contributed by atoms with E-state index in [-0.39, 0.29) is 5.91 Å². The van der Waals surface area contributed by atoms with Gasteiger partial charge in [-0.25, -0.2) is 4.98 Å². The van der Waals surface area contributed by atoms with Gasteiger partial charge in [0, 0.05) is 38.2 Å². The highest BCUT2D eigenvalue weighted by molar-refractivity contribution is 5.97. The van der Waals surface area contributed by atoms with Crippen molar-refractivity contribution in [3.8, 4) is 0 Å². The third kappa shape index (κ3) is 3.25. The second-order valence-electron chi connectivity index (χ2n) is 6.16. The second-order valence-corrected chi connectivity index (χ2v) is 6.16. The zero-order valence-electron chi connectivity index (χ0n) is 14.1. The van der Waals surface area contributed by atoms with Crippen LogP contribution in [-0.4, -0.2) is 62.0 Å². The van der Waals surface area contributed by atoms with Gasteiger partial charge in [0.1, 0.15) is 0 Å². The van der Waals surface area contributed by atoms with E-state index in [9.17, 15) is 4.79 Å². The number of H-pyrrole nitrogens is 1. The van der Waals surface area contributed by atoms with E-state index < -0.39 is 0 Å². The Morgan fingerprint density at radius 3 is 2.88 bits per heavy atom. The first-order valence-corrected chi connectivity index (χ1v) is 8.49. The molecule has 8 heteroatoms. The van der Waals surface area contributed by atoms with Gasteiger partial charge in [-0.05, 0) is 18.2 Å². The largest absolute Gasteiger partial charge is 0.345 e. The van der Waals surface area contributed by atoms with E-state index in [0.717, 1.165) is 30.5 Å². The molecule has 1 amide bonds. The highest BCUT2D eigenvalue weighted by Gasteiger charge is 2.23. The molecule has 0 spiro atoms. The zero-order chi connectivity index (χ0) is 17.2. The average Bonchev–Trinajstić information content (AvgIpc) is 3.30. The van der Waals surface area contributed by atoms with Gasteiger partial charge in [0.05, 0.1) is 23.9 Å². The Balaban J connectivity index is 1.36. The Bertz CT molecular complexity index is 878. The van der Waals surface area contributed by atoms with E-state index in [1.165, 1.54) is 0 Å². The van der Waals surface area contributed by atoms with Crippen molar-refractivity contribution >= 4 is 16.9 Å². The summed E-state index contributed by atoms with van der Waals surface area (Å²) in [6.07, 6.45) is 2.38. The summed E-state index contributed by atoms with van der Waals surface area (Å²) < 4.78 is 5.14. The van der Waals surface area contributed by atoms with E-state index in [2.05, 4.69) is 25.0 Å². The van der Waals surface area contributed by atoms with Crippen LogP contribution in [0, 0.1) is 0 Å². The fourth-order valence-corrected chi connectivity index (χ4v) is 3.06. The number of nitrogens with one attached hydrogen (secondary N) is 1. The number of imidazole rings is 1. The van der Waals surface area contributed by atoms with E-state index in [4.69, 9.17) is 4.52 Å². The van der Waals surface area contributed by atoms with Crippen molar-refractivity contribution in [2.75, 3.05) is 26.2 Å². The van der Waals surface area contributed by atoms with Crippen molar-refractivity contribution in [2.24, 2.45) is 0 Å². The molecule has 8 nitrogen and oxygen atoms in total. The summed E-state index contributed by atoms with van der Waals surface area (Å²) in [5.74, 6) is 1.43. The van der Waals surface area contributed by atoms with Crippen LogP contribution in [0.4, 0.5) is 0 Å². The van der Waals surface area contributed by atoms with Crippen LogP contribution in [0.3, 0.4) is 0 Å². The van der Waals surface area contributed by atoms with Gasteiger partial charge in [-0.1, -0.05) is 12.1 Å². The van der Waals surface area contributed by atoms with Gasteiger partial charge in [-0.2, -0.15) is 4.98 Å². The summed E-state index contributed by atoms with van der Waals surface area (Å²) in [7, 11) is 0. The number of carbonyl (C=O) groups is 1. The highest BCUT2D eigenvalue weighted by Crippen LogP contribution is 2.15. The first-order chi connectivity index (χ1) is 12.2. The van der Waals surface area contributed by atoms with Crippen molar-refractivity contribution in [3.05, 3.63) is 41.8 Å². The zero-order valence-corrected chi connectivity index (χ0v) is 14.1. The lowest BCUT2D eigenvalue weighted by atomic mass is 10.1. The Labute approximate surface area is 144 Å². The van der Waals surface area contributed by atoms with Crippen LogP contribution in [0.2, 0.25) is 0 Å². The fourth-order valence-electron chi connectivity index (χ4n) is 3.06. The van der Waals surface area contributed by atoms with Gasteiger partial charge in [-0.3, -0.25) is 9.69 Å². The minimum absolute atomic E-state index is 0.0592. The normalized spacial score (nSPS) is 15.8. The monoisotopic (exact) mass is 340 g/mol. The number of fused-ring (bicyclic) bond motifs is 1. The van der Waals surface area contributed by atoms with Crippen molar-refractivity contribution < 1.29 is 9.32 Å². The van der Waals surface area contributed by atoms with Crippen LogP contribution in [0.1, 0.15) is 29.0 Å². The van der Waals surface area contributed by atoms with E-state index in [0.29, 0.717) is 36.9 Å². The van der Waals surface area contributed by atoms with E-state index in [1.807, 2.05) is 30.0 Å². The van der Waals surface area contributed by atoms with E-state index >= 15 is 0 Å². The van der Waals surface area contributed by atoms with Gasteiger partial charge < -0.3 is 14.4 Å². The number of benzene rings is 1. The Hall–Kier alpha value is -2.74. The number of hydrogen-bond donors (Lipinski definition) is 1. The number of rotatable bonds is 4. The molecule has 0 bridgehead atoms. The molecule has 4 rings (SSSR count). The topological polar surface area (TPSA) is 91.2 Å². The van der Waals surface area contributed by atoms with Crippen LogP contribution >= 0.6 is 0 Å². The highest BCUT2D eigenvalue weighted by atomic mass is 16.5. The molecular formula is C17H20N6O2. The molecule has 25 heavy (non-hydrogen) atoms. The summed E-state index contributed by atoms with van der Waals surface area (Å²) in [5.41, 5.74) is 2.44. The number of nitrogens with zero attached hydrogens (tertiary/aromatic N) is 5. The van der Waals surface area contributed by atoms with Gasteiger partial charge in [-0.15, -0.1) is 0 Å². The third-order valence-corrected chi connectivity index (χ3v) is 4.50. The molecule has 130 valence electrons. The van der Waals surface area contributed by atoms with Gasteiger partial charge >= 0.3 is 0 Å². The Morgan fingerprint density at radius 2 is 2.12 bits per heavy atom. The van der Waals surface area contributed by atoms with Crippen LogP contribution in [0.15, 0.2) is 29.0 Å². The molecule has 1 aromatic carbocycles. The fraction of sp³-hybridized carbons (Fsp3) is 0.412. The molecule has 1 saturated heterocycles. The first kappa shape index (κ1) is 15.8. The maximum absolute atomic E-state index is 12.7. The Morgan fingerprint density at radius 1 is 1.28 bits per heavy atom. The predicted octanol–water partition coefficient (Wildman–Crippen LogP) is 1.47. The summed E-state index contributed by atoms with van der Waals surface area (Å²) in [6.45, 7) is 5.63. The summed E-state index contributed by atoms with van der Waals surface area (Å²) in [5, 5.41) is 3.99. The molecule has 0 radical (unpaired) electrons. The lowest BCUT2D eigenvalue weighted by Crippen LogP contribution is -2.48. The predicted molar refractivity (Wildman–Crippen MR) is 91.0 cm³/mol. The molecule has 3 heterocycles. The van der Waals surface area contributed by atoms with Crippen molar-refractivity contribution in [2.45, 2.75) is 19.9 Å². The van der Waals surface area contributed by atoms with Crippen molar-refractivity contribution in [3.63, 3.8) is 0 Å². The van der Waals surface area contributed by atoms with Crippen molar-refractivity contribution in [1.29, 1.82) is 0 Å². The number of aromatic nitrogens is 4. The molecule has 1 aliphatic rings. The molecular weight excluding hydrogens is 320 g/mol. The van der Waals surface area contributed by atoms with Gasteiger partial charge in [0.25, 0.3) is 5.91 Å². The van der Waals surface area contributed by atoms with Gasteiger partial charge in [0.2, 0.25) is 5.89 Å². The number of hydrogen-bond acceptors (Lipinski definition) is 6. The van der Waals surface area contributed by atoms with Crippen LogP contribution in [0.5, 0.6) is 0 Å². The molecule has 1 N–H and O–H groups in total. The lowest BCUT2D eigenvalue weighted by molar-refractivity contribution is 0.0624. The molecule has 1 fully saturated rings. The number of amides is 1. The molecule has 0 unspecified atom stereocenters. The van der Waals surface area contributed by atoms with Gasteiger partial charge in [0.15, 0.2) is 5.82 Å². The van der Waals surface area contributed by atoms with Crippen LogP contribution in [0.25, 0.3) is 11.0 Å². The van der Waals surface area contributed by atoms with Crippen LogP contribution in [-0.2, 0) is 13.0 Å². The number of aryl methyl sites for hydroxylation is 1. The molecule has 0 atom stereocenters. The summed E-state index contributed by atoms with van der Waals surface area (Å²) in [4.78, 5) is 28.4. The molecule has 3 aromatic rings. The number of carbonyl (C=O) groups excluding carboxylic acids is 1. The maximum atomic E-state index is 12.7. The first-order valence-electron chi connectivity index (χ1n) is 8.49. The minimum Gasteiger partial charge on any atom is -0.345 e. The number of piperazine rings is 1. The summed E-state index contributed by atoms with van der Waals surface area (Å²) in [6, 6.07) is 5.57. The SMILES string of the molecule is CCc1nc(CN2CCN(C(=O)c3ccc4nc[nH]c4c3)CC2)no1. The van der Waals surface area contributed by atoms with Crippen LogP contribution < -0.4 is 0 Å². The Kier molecular flexibility index (Phi) is 4.19. The molecule has 0 aliphatic carbocycles. The maximum Gasteiger partial charge on any atom is 0.254 e. The molecule has 1 aliphatic heterocycles. The lowest BCUT2D eigenvalue weighted by Gasteiger charge is -2.34. The summed E-state index contributed by atoms with van der Waals surface area (Å²) >= 11 is 0. The molecule has 2 aromatic heterocycles. The number of aromatic amines is 1. The van der Waals surface area contributed by atoms with Crippen molar-refractivity contribution in [1.82, 2.24) is 29.9 Å². The smallest absolute Gasteiger partial charge is 0.254 e.